The van der Waals surface area contributed by atoms with Crippen LogP contribution in [0.3, 0.4) is 0 Å². The molecule has 2 atom stereocenters. The molecule has 0 spiro atoms. The van der Waals surface area contributed by atoms with Crippen LogP contribution in [-0.2, 0) is 0 Å². The van der Waals surface area contributed by atoms with E-state index in [9.17, 15) is 25.2 Å². The number of fused-ring (bicyclic) bond motifs is 2. The van der Waals surface area contributed by atoms with Crippen molar-refractivity contribution in [3.05, 3.63) is 64.3 Å². The van der Waals surface area contributed by atoms with Gasteiger partial charge in [-0.2, -0.15) is 0 Å². The molecule has 0 fully saturated rings. The minimum absolute atomic E-state index is 0.0128. The van der Waals surface area contributed by atoms with Crippen molar-refractivity contribution < 1.29 is 43.8 Å². The quantitative estimate of drug-likeness (QED) is 0.325. The average Bonchev–Trinajstić information content (AvgIpc) is 2.89. The van der Waals surface area contributed by atoms with Crippen molar-refractivity contribution in [3.8, 4) is 51.6 Å². The maximum Gasteiger partial charge on any atom is 0.238 e. The number of aliphatic hydroxyl groups excluding tert-OH is 1. The maximum atomic E-state index is 12.9. The molecule has 0 bridgehead atoms. The Kier molecular flexibility index (Phi) is 5.73. The second-order valence-corrected chi connectivity index (χ2v) is 8.10. The molecular formula is C26H22O10. The lowest BCUT2D eigenvalue weighted by molar-refractivity contribution is -0.0123. The van der Waals surface area contributed by atoms with Crippen LogP contribution in [0.5, 0.6) is 40.2 Å². The molecule has 0 aliphatic carbocycles. The average molecular weight is 494 g/mol. The van der Waals surface area contributed by atoms with E-state index in [4.69, 9.17) is 23.4 Å². The predicted octanol–water partition coefficient (Wildman–Crippen LogP) is 3.47. The van der Waals surface area contributed by atoms with Crippen LogP contribution >= 0.6 is 0 Å². The van der Waals surface area contributed by atoms with E-state index in [1.807, 2.05) is 0 Å². The highest BCUT2D eigenvalue weighted by molar-refractivity contribution is 5.88. The van der Waals surface area contributed by atoms with E-state index in [2.05, 4.69) is 0 Å². The molecule has 3 aromatic carbocycles. The first-order valence-electron chi connectivity index (χ1n) is 10.9. The Bertz CT molecular complexity index is 1520. The molecule has 1 aromatic heterocycles. The fourth-order valence-corrected chi connectivity index (χ4v) is 4.18. The van der Waals surface area contributed by atoms with Gasteiger partial charge in [-0.05, 0) is 30.3 Å². The van der Waals surface area contributed by atoms with Crippen LogP contribution in [0.4, 0.5) is 0 Å². The van der Waals surface area contributed by atoms with Gasteiger partial charge in [-0.1, -0.05) is 6.07 Å². The first kappa shape index (κ1) is 23.2. The molecule has 4 N–H and O–H groups in total. The van der Waals surface area contributed by atoms with Gasteiger partial charge in [-0.3, -0.25) is 4.79 Å². The van der Waals surface area contributed by atoms with Gasteiger partial charge in [0.1, 0.15) is 22.5 Å². The first-order chi connectivity index (χ1) is 17.3. The summed E-state index contributed by atoms with van der Waals surface area (Å²) in [5.74, 6) is -0.116. The summed E-state index contributed by atoms with van der Waals surface area (Å²) in [6.45, 7) is -0.347. The molecule has 0 amide bonds. The number of hydrogen-bond donors (Lipinski definition) is 4. The summed E-state index contributed by atoms with van der Waals surface area (Å²) in [5.41, 5.74) is 0.185. The van der Waals surface area contributed by atoms with Crippen LogP contribution in [0.2, 0.25) is 0 Å². The Hall–Kier alpha value is -4.57. The van der Waals surface area contributed by atoms with Gasteiger partial charge in [0.15, 0.2) is 41.0 Å². The topological polar surface area (TPSA) is 148 Å². The van der Waals surface area contributed by atoms with Gasteiger partial charge in [0, 0.05) is 23.3 Å². The number of ether oxygens (including phenoxy) is 4. The Morgan fingerprint density at radius 3 is 2.39 bits per heavy atom. The van der Waals surface area contributed by atoms with Crippen molar-refractivity contribution in [2.75, 3.05) is 20.8 Å². The lowest BCUT2D eigenvalue weighted by Crippen LogP contribution is -2.36. The molecule has 0 saturated heterocycles. The van der Waals surface area contributed by atoms with Crippen molar-refractivity contribution in [2.45, 2.75) is 12.2 Å². The Morgan fingerprint density at radius 1 is 0.889 bits per heavy atom. The number of methoxy groups -OCH3 is 2. The highest BCUT2D eigenvalue weighted by atomic mass is 16.6. The van der Waals surface area contributed by atoms with Crippen molar-refractivity contribution in [1.82, 2.24) is 0 Å². The molecule has 2 unspecified atom stereocenters. The zero-order valence-electron chi connectivity index (χ0n) is 19.2. The lowest BCUT2D eigenvalue weighted by Gasteiger charge is -2.33. The van der Waals surface area contributed by atoms with Crippen molar-refractivity contribution in [3.63, 3.8) is 0 Å². The summed E-state index contributed by atoms with van der Waals surface area (Å²) in [6.07, 6.45) is -1.51. The second kappa shape index (κ2) is 8.90. The molecule has 5 rings (SSSR count). The largest absolute Gasteiger partial charge is 0.508 e. The van der Waals surface area contributed by atoms with E-state index < -0.39 is 23.4 Å². The highest BCUT2D eigenvalue weighted by Crippen LogP contribution is 2.44. The monoisotopic (exact) mass is 494 g/mol. The fourth-order valence-electron chi connectivity index (χ4n) is 4.18. The summed E-state index contributed by atoms with van der Waals surface area (Å²) in [6, 6.07) is 11.8. The third-order valence-corrected chi connectivity index (χ3v) is 5.93. The summed E-state index contributed by atoms with van der Waals surface area (Å²) in [4.78, 5) is 12.9. The number of aromatic hydroxyl groups is 3. The summed E-state index contributed by atoms with van der Waals surface area (Å²) in [7, 11) is 2.75. The van der Waals surface area contributed by atoms with Crippen LogP contribution in [0.1, 0.15) is 11.7 Å². The van der Waals surface area contributed by atoms with E-state index >= 15 is 0 Å². The third kappa shape index (κ3) is 3.77. The third-order valence-electron chi connectivity index (χ3n) is 5.93. The van der Waals surface area contributed by atoms with Crippen LogP contribution in [0, 0.1) is 0 Å². The van der Waals surface area contributed by atoms with E-state index in [1.165, 1.54) is 38.5 Å². The zero-order valence-corrected chi connectivity index (χ0v) is 19.2. The minimum Gasteiger partial charge on any atom is -0.508 e. The van der Waals surface area contributed by atoms with Gasteiger partial charge in [-0.25, -0.2) is 0 Å². The summed E-state index contributed by atoms with van der Waals surface area (Å²) >= 11 is 0. The number of hydrogen-bond acceptors (Lipinski definition) is 10. The molecule has 36 heavy (non-hydrogen) atoms. The van der Waals surface area contributed by atoms with Crippen LogP contribution in [0.15, 0.2) is 57.7 Å². The molecule has 0 radical (unpaired) electrons. The van der Waals surface area contributed by atoms with Gasteiger partial charge >= 0.3 is 0 Å². The predicted molar refractivity (Wildman–Crippen MR) is 127 cm³/mol. The molecule has 10 nitrogen and oxygen atoms in total. The first-order valence-corrected chi connectivity index (χ1v) is 10.9. The smallest absolute Gasteiger partial charge is 0.238 e. The number of rotatable bonds is 5. The van der Waals surface area contributed by atoms with Crippen LogP contribution < -0.4 is 24.4 Å². The van der Waals surface area contributed by atoms with Gasteiger partial charge in [0.2, 0.25) is 11.2 Å². The molecule has 1 aliphatic rings. The van der Waals surface area contributed by atoms with E-state index in [0.717, 1.165) is 0 Å². The molecule has 186 valence electrons. The molecular weight excluding hydrogens is 472 g/mol. The van der Waals surface area contributed by atoms with E-state index in [0.29, 0.717) is 16.9 Å². The second-order valence-electron chi connectivity index (χ2n) is 8.10. The van der Waals surface area contributed by atoms with E-state index in [1.54, 1.807) is 24.3 Å². The normalized spacial score (nSPS) is 16.6. The van der Waals surface area contributed by atoms with Crippen molar-refractivity contribution in [1.29, 1.82) is 0 Å². The summed E-state index contributed by atoms with van der Waals surface area (Å²) in [5, 5.41) is 40.4. The van der Waals surface area contributed by atoms with Crippen LogP contribution in [0.25, 0.3) is 22.3 Å². The number of aliphatic hydroxyl groups is 1. The van der Waals surface area contributed by atoms with Gasteiger partial charge in [0.25, 0.3) is 0 Å². The Balaban J connectivity index is 1.59. The summed E-state index contributed by atoms with van der Waals surface area (Å²) < 4.78 is 28.2. The zero-order chi connectivity index (χ0) is 25.6. The molecule has 0 saturated carbocycles. The Labute approximate surface area is 204 Å². The molecule has 10 heteroatoms. The van der Waals surface area contributed by atoms with Gasteiger partial charge < -0.3 is 43.8 Å². The van der Waals surface area contributed by atoms with Gasteiger partial charge in [0.05, 0.1) is 20.8 Å². The Morgan fingerprint density at radius 2 is 1.67 bits per heavy atom. The number of phenolic OH excluding ortho intramolecular Hbond substituents is 2. The number of phenols is 2. The minimum atomic E-state index is -0.759. The molecule has 4 aromatic rings. The van der Waals surface area contributed by atoms with Crippen molar-refractivity contribution in [2.24, 2.45) is 0 Å². The molecule has 2 heterocycles. The SMILES string of the molecule is COc1cc(C2Oc3cc(-c4oc5cc(O)cc(OC)c5c(=O)c4O)ccc3OC2CO)ccc1O. The fraction of sp³-hybridized carbons (Fsp3) is 0.192. The van der Waals surface area contributed by atoms with E-state index in [-0.39, 0.29) is 52.1 Å². The maximum absolute atomic E-state index is 12.9. The standard InChI is InChI=1S/C26H22O10/c1-32-17-7-12(3-5-15(17)29)25-21(11-27)34-16-6-4-13(8-18(16)35-25)26-24(31)23(30)22-19(33-2)9-14(28)10-20(22)36-26/h3-10,21,25,27-29,31H,11H2,1-2H3. The highest BCUT2D eigenvalue weighted by Gasteiger charge is 2.34. The lowest BCUT2D eigenvalue weighted by atomic mass is 10.0. The van der Waals surface area contributed by atoms with Crippen LogP contribution in [-0.4, -0.2) is 47.4 Å². The molecule has 1 aliphatic heterocycles. The van der Waals surface area contributed by atoms with Crippen molar-refractivity contribution >= 4 is 11.0 Å². The number of benzene rings is 3. The van der Waals surface area contributed by atoms with Gasteiger partial charge in [-0.15, -0.1) is 0 Å².